The SMILES string of the molecule is O=C(Cc1ccccc1)NCC(=O)N1CCN(S(=O)(=O)c2cccc(Cl)c2Cl)CC1. The third kappa shape index (κ3) is 5.31. The summed E-state index contributed by atoms with van der Waals surface area (Å²) in [4.78, 5) is 25.9. The topological polar surface area (TPSA) is 86.8 Å². The van der Waals surface area contributed by atoms with Crippen LogP contribution in [0.1, 0.15) is 5.56 Å². The summed E-state index contributed by atoms with van der Waals surface area (Å²) in [5.74, 6) is -0.499. The van der Waals surface area contributed by atoms with Crippen molar-refractivity contribution in [1.82, 2.24) is 14.5 Å². The fourth-order valence-electron chi connectivity index (χ4n) is 3.13. The Morgan fingerprint density at radius 1 is 0.933 bits per heavy atom. The second-order valence-electron chi connectivity index (χ2n) is 6.78. The van der Waals surface area contributed by atoms with E-state index in [0.29, 0.717) is 0 Å². The molecule has 3 rings (SSSR count). The normalized spacial score (nSPS) is 15.1. The highest BCUT2D eigenvalue weighted by atomic mass is 35.5. The molecule has 10 heteroatoms. The van der Waals surface area contributed by atoms with Crippen LogP contribution in [0, 0.1) is 0 Å². The highest BCUT2D eigenvalue weighted by Crippen LogP contribution is 2.31. The summed E-state index contributed by atoms with van der Waals surface area (Å²) in [6.07, 6.45) is 0.195. The molecular weight excluding hydrogens is 449 g/mol. The van der Waals surface area contributed by atoms with Gasteiger partial charge in [-0.15, -0.1) is 0 Å². The van der Waals surface area contributed by atoms with Gasteiger partial charge in [-0.25, -0.2) is 8.42 Å². The minimum atomic E-state index is -3.82. The van der Waals surface area contributed by atoms with Crippen LogP contribution in [0.15, 0.2) is 53.4 Å². The molecule has 1 aliphatic rings. The van der Waals surface area contributed by atoms with E-state index in [4.69, 9.17) is 23.2 Å². The van der Waals surface area contributed by atoms with Gasteiger partial charge >= 0.3 is 0 Å². The molecule has 1 aliphatic heterocycles. The van der Waals surface area contributed by atoms with E-state index in [1.54, 1.807) is 0 Å². The van der Waals surface area contributed by atoms with E-state index in [-0.39, 0.29) is 65.9 Å². The first kappa shape index (κ1) is 22.6. The average Bonchev–Trinajstić information content (AvgIpc) is 2.74. The molecule has 0 bridgehead atoms. The van der Waals surface area contributed by atoms with Crippen LogP contribution in [0.3, 0.4) is 0 Å². The lowest BCUT2D eigenvalue weighted by molar-refractivity contribution is -0.133. The Bertz CT molecular complexity index is 1020. The molecule has 2 aromatic rings. The minimum Gasteiger partial charge on any atom is -0.347 e. The maximum absolute atomic E-state index is 12.8. The number of halogens is 2. The third-order valence-electron chi connectivity index (χ3n) is 4.77. The van der Waals surface area contributed by atoms with Crippen LogP contribution in [-0.2, 0) is 26.0 Å². The fourth-order valence-corrected chi connectivity index (χ4v) is 5.29. The summed E-state index contributed by atoms with van der Waals surface area (Å²) in [7, 11) is -3.82. The number of piperazine rings is 1. The zero-order chi connectivity index (χ0) is 21.7. The highest BCUT2D eigenvalue weighted by Gasteiger charge is 2.31. The largest absolute Gasteiger partial charge is 0.347 e. The van der Waals surface area contributed by atoms with Gasteiger partial charge in [-0.3, -0.25) is 9.59 Å². The van der Waals surface area contributed by atoms with E-state index < -0.39 is 10.0 Å². The molecule has 1 heterocycles. The quantitative estimate of drug-likeness (QED) is 0.702. The zero-order valence-electron chi connectivity index (χ0n) is 16.1. The van der Waals surface area contributed by atoms with Gasteiger partial charge in [0.25, 0.3) is 0 Å². The molecule has 0 radical (unpaired) electrons. The van der Waals surface area contributed by atoms with Crippen molar-refractivity contribution >= 4 is 45.0 Å². The van der Waals surface area contributed by atoms with Crippen molar-refractivity contribution in [3.05, 3.63) is 64.1 Å². The molecule has 0 atom stereocenters. The predicted molar refractivity (Wildman–Crippen MR) is 115 cm³/mol. The summed E-state index contributed by atoms with van der Waals surface area (Å²) < 4.78 is 27.0. The van der Waals surface area contributed by atoms with Crippen molar-refractivity contribution in [2.75, 3.05) is 32.7 Å². The van der Waals surface area contributed by atoms with Gasteiger partial charge in [-0.05, 0) is 17.7 Å². The first-order valence-electron chi connectivity index (χ1n) is 9.31. The van der Waals surface area contributed by atoms with Crippen molar-refractivity contribution in [1.29, 1.82) is 0 Å². The standard InChI is InChI=1S/C20H21Cl2N3O4S/c21-16-7-4-8-17(20(16)22)30(28,29)25-11-9-24(10-12-25)19(27)14-23-18(26)13-15-5-2-1-3-6-15/h1-8H,9-14H2,(H,23,26). The molecule has 160 valence electrons. The number of benzene rings is 2. The van der Waals surface area contributed by atoms with Gasteiger partial charge in [0.1, 0.15) is 4.90 Å². The average molecular weight is 470 g/mol. The predicted octanol–water partition coefficient (Wildman–Crippen LogP) is 2.19. The molecule has 1 saturated heterocycles. The van der Waals surface area contributed by atoms with Crippen LogP contribution in [0.2, 0.25) is 10.0 Å². The van der Waals surface area contributed by atoms with Crippen molar-refractivity contribution in [3.63, 3.8) is 0 Å². The van der Waals surface area contributed by atoms with Gasteiger partial charge in [0.05, 0.1) is 23.0 Å². The third-order valence-corrected chi connectivity index (χ3v) is 7.64. The Kier molecular flexibility index (Phi) is 7.36. The van der Waals surface area contributed by atoms with E-state index in [1.807, 2.05) is 30.3 Å². The van der Waals surface area contributed by atoms with Crippen LogP contribution in [0.25, 0.3) is 0 Å². The molecule has 0 aromatic heterocycles. The summed E-state index contributed by atoms with van der Waals surface area (Å²) in [6, 6.07) is 13.7. The maximum atomic E-state index is 12.8. The number of carbonyl (C=O) groups is 2. The van der Waals surface area contributed by atoms with Gasteiger partial charge in [-0.1, -0.05) is 59.6 Å². The van der Waals surface area contributed by atoms with Crippen molar-refractivity contribution in [2.45, 2.75) is 11.3 Å². The Morgan fingerprint density at radius 3 is 2.27 bits per heavy atom. The summed E-state index contributed by atoms with van der Waals surface area (Å²) in [5, 5.41) is 2.76. The van der Waals surface area contributed by atoms with E-state index in [1.165, 1.54) is 27.4 Å². The van der Waals surface area contributed by atoms with Crippen LogP contribution in [0.5, 0.6) is 0 Å². The lowest BCUT2D eigenvalue weighted by atomic mass is 10.1. The van der Waals surface area contributed by atoms with Gasteiger partial charge in [0, 0.05) is 26.2 Å². The number of nitrogens with zero attached hydrogens (tertiary/aromatic N) is 2. The molecule has 0 spiro atoms. The summed E-state index contributed by atoms with van der Waals surface area (Å²) in [6.45, 7) is 0.595. The number of carbonyl (C=O) groups excluding carboxylic acids is 2. The number of rotatable bonds is 6. The molecule has 2 amide bonds. The Morgan fingerprint density at radius 2 is 1.60 bits per heavy atom. The maximum Gasteiger partial charge on any atom is 0.244 e. The molecule has 7 nitrogen and oxygen atoms in total. The van der Waals surface area contributed by atoms with Crippen LogP contribution in [0.4, 0.5) is 0 Å². The second kappa shape index (κ2) is 9.78. The lowest BCUT2D eigenvalue weighted by Gasteiger charge is -2.34. The Labute approximate surface area is 185 Å². The van der Waals surface area contributed by atoms with E-state index in [9.17, 15) is 18.0 Å². The van der Waals surface area contributed by atoms with Gasteiger partial charge in [0.15, 0.2) is 0 Å². The number of nitrogens with one attached hydrogen (secondary N) is 1. The number of sulfonamides is 1. The van der Waals surface area contributed by atoms with Crippen LogP contribution < -0.4 is 5.32 Å². The van der Waals surface area contributed by atoms with Crippen LogP contribution >= 0.6 is 23.2 Å². The lowest BCUT2D eigenvalue weighted by Crippen LogP contribution is -2.52. The monoisotopic (exact) mass is 469 g/mol. The number of amides is 2. The van der Waals surface area contributed by atoms with Gasteiger partial charge < -0.3 is 10.2 Å². The molecule has 0 saturated carbocycles. The molecule has 1 N–H and O–H groups in total. The van der Waals surface area contributed by atoms with E-state index in [0.717, 1.165) is 5.56 Å². The second-order valence-corrected chi connectivity index (χ2v) is 9.47. The Hall–Kier alpha value is -2.13. The number of hydrogen-bond donors (Lipinski definition) is 1. The van der Waals surface area contributed by atoms with Crippen molar-refractivity contribution < 1.29 is 18.0 Å². The fraction of sp³-hybridized carbons (Fsp3) is 0.300. The molecule has 0 unspecified atom stereocenters. The Balaban J connectivity index is 1.51. The molecular formula is C20H21Cl2N3O4S. The molecule has 1 fully saturated rings. The number of hydrogen-bond acceptors (Lipinski definition) is 4. The molecule has 30 heavy (non-hydrogen) atoms. The van der Waals surface area contributed by atoms with Crippen LogP contribution in [-0.4, -0.2) is 62.2 Å². The van der Waals surface area contributed by atoms with Crippen molar-refractivity contribution in [2.24, 2.45) is 0 Å². The molecule has 2 aromatic carbocycles. The molecule has 0 aliphatic carbocycles. The van der Waals surface area contributed by atoms with Crippen molar-refractivity contribution in [3.8, 4) is 0 Å². The first-order chi connectivity index (χ1) is 14.3. The summed E-state index contributed by atoms with van der Waals surface area (Å²) >= 11 is 12.0. The van der Waals surface area contributed by atoms with E-state index in [2.05, 4.69) is 5.32 Å². The smallest absolute Gasteiger partial charge is 0.244 e. The van der Waals surface area contributed by atoms with Gasteiger partial charge in [-0.2, -0.15) is 4.31 Å². The highest BCUT2D eigenvalue weighted by molar-refractivity contribution is 7.89. The zero-order valence-corrected chi connectivity index (χ0v) is 18.4. The first-order valence-corrected chi connectivity index (χ1v) is 11.5. The van der Waals surface area contributed by atoms with E-state index >= 15 is 0 Å². The minimum absolute atomic E-state index is 0.0150. The van der Waals surface area contributed by atoms with Gasteiger partial charge in [0.2, 0.25) is 21.8 Å². The summed E-state index contributed by atoms with van der Waals surface area (Å²) in [5.41, 5.74) is 0.862.